The molecule has 1 aromatic rings. The fourth-order valence-corrected chi connectivity index (χ4v) is 2.33. The second-order valence-electron chi connectivity index (χ2n) is 4.21. The number of fused-ring (bicyclic) bond motifs is 1. The summed E-state index contributed by atoms with van der Waals surface area (Å²) in [6.45, 7) is 0. The Labute approximate surface area is 104 Å². The zero-order chi connectivity index (χ0) is 11.7. The number of amides is 1. The molecular weight excluding hydrogens is 266 g/mol. The summed E-state index contributed by atoms with van der Waals surface area (Å²) in [4.78, 5) is 13.5. The molecule has 16 heavy (non-hydrogen) atoms. The van der Waals surface area contributed by atoms with E-state index in [1.165, 1.54) is 11.1 Å². The number of carbonyl (C=O) groups excluding carboxylic acids is 1. The second kappa shape index (κ2) is 4.42. The van der Waals surface area contributed by atoms with Gasteiger partial charge in [-0.1, -0.05) is 22.0 Å². The van der Waals surface area contributed by atoms with Crippen molar-refractivity contribution in [1.82, 2.24) is 4.90 Å². The van der Waals surface area contributed by atoms with E-state index in [2.05, 4.69) is 28.1 Å². The van der Waals surface area contributed by atoms with Gasteiger partial charge in [0.05, 0.1) is 0 Å². The molecule has 0 saturated heterocycles. The number of halogens is 1. The summed E-state index contributed by atoms with van der Waals surface area (Å²) in [6.07, 6.45) is 3.79. The van der Waals surface area contributed by atoms with Crippen LogP contribution in [0.15, 0.2) is 28.2 Å². The summed E-state index contributed by atoms with van der Waals surface area (Å²) in [5.41, 5.74) is 3.38. The third-order valence-electron chi connectivity index (χ3n) is 2.78. The highest BCUT2D eigenvalue weighted by atomic mass is 79.9. The lowest BCUT2D eigenvalue weighted by molar-refractivity contribution is -0.124. The van der Waals surface area contributed by atoms with Gasteiger partial charge in [0.1, 0.15) is 0 Å². The highest BCUT2D eigenvalue weighted by molar-refractivity contribution is 9.10. The Morgan fingerprint density at radius 2 is 2.06 bits per heavy atom. The smallest absolute Gasteiger partial charge is 0.249 e. The van der Waals surface area contributed by atoms with Crippen LogP contribution in [0.2, 0.25) is 0 Å². The Balaban J connectivity index is 2.35. The molecule has 1 aromatic carbocycles. The average Bonchev–Trinajstić information content (AvgIpc) is 2.27. The molecule has 0 unspecified atom stereocenters. The number of aryl methyl sites for hydroxylation is 1. The van der Waals surface area contributed by atoms with Crippen LogP contribution < -0.4 is 0 Å². The monoisotopic (exact) mass is 279 g/mol. The minimum Gasteiger partial charge on any atom is -0.345 e. The first-order valence-corrected chi connectivity index (χ1v) is 6.08. The quantitative estimate of drug-likeness (QED) is 0.774. The Morgan fingerprint density at radius 3 is 2.75 bits per heavy atom. The molecule has 2 nitrogen and oxygen atoms in total. The van der Waals surface area contributed by atoms with Gasteiger partial charge in [-0.15, -0.1) is 0 Å². The Kier molecular flexibility index (Phi) is 3.15. The first-order chi connectivity index (χ1) is 7.58. The van der Waals surface area contributed by atoms with E-state index in [-0.39, 0.29) is 5.91 Å². The van der Waals surface area contributed by atoms with Gasteiger partial charge in [0.25, 0.3) is 0 Å². The average molecular weight is 280 g/mol. The van der Waals surface area contributed by atoms with Gasteiger partial charge in [-0.3, -0.25) is 4.79 Å². The van der Waals surface area contributed by atoms with E-state index in [0.29, 0.717) is 0 Å². The molecule has 84 valence electrons. The van der Waals surface area contributed by atoms with Gasteiger partial charge in [0.15, 0.2) is 0 Å². The number of benzene rings is 1. The Bertz CT molecular complexity index is 463. The number of likely N-dealkylation sites (N-methyl/N-ethyl adjacent to an activating group) is 1. The summed E-state index contributed by atoms with van der Waals surface area (Å²) in [7, 11) is 3.58. The van der Waals surface area contributed by atoms with Crippen LogP contribution in [0.5, 0.6) is 0 Å². The van der Waals surface area contributed by atoms with Crippen molar-refractivity contribution >= 4 is 27.9 Å². The number of rotatable bonds is 1. The van der Waals surface area contributed by atoms with Crippen molar-refractivity contribution in [2.75, 3.05) is 14.1 Å². The lowest BCUT2D eigenvalue weighted by Crippen LogP contribution is -2.24. The highest BCUT2D eigenvalue weighted by Gasteiger charge is 2.17. The number of hydrogen-bond acceptors (Lipinski definition) is 1. The predicted molar refractivity (Wildman–Crippen MR) is 69.1 cm³/mol. The van der Waals surface area contributed by atoms with Crippen LogP contribution in [0.4, 0.5) is 0 Å². The first kappa shape index (κ1) is 11.4. The van der Waals surface area contributed by atoms with Gasteiger partial charge in [-0.25, -0.2) is 0 Å². The summed E-state index contributed by atoms with van der Waals surface area (Å²) < 4.78 is 1.10. The number of carbonyl (C=O) groups is 1. The standard InChI is InChI=1S/C13H14BrNO/c1-15(2)13(16)11-4-3-10-8-12(14)6-5-9(10)7-11/h5-8H,3-4H2,1-2H3. The summed E-state index contributed by atoms with van der Waals surface area (Å²) in [5, 5.41) is 0. The van der Waals surface area contributed by atoms with E-state index in [1.807, 2.05) is 12.1 Å². The van der Waals surface area contributed by atoms with Gasteiger partial charge < -0.3 is 4.90 Å². The molecule has 0 atom stereocenters. The maximum atomic E-state index is 11.8. The van der Waals surface area contributed by atoms with E-state index in [9.17, 15) is 4.79 Å². The van der Waals surface area contributed by atoms with Crippen LogP contribution in [0.25, 0.3) is 6.08 Å². The topological polar surface area (TPSA) is 20.3 Å². The van der Waals surface area contributed by atoms with Gasteiger partial charge in [-0.2, -0.15) is 0 Å². The van der Waals surface area contributed by atoms with Crippen LogP contribution in [-0.4, -0.2) is 24.9 Å². The third kappa shape index (κ3) is 2.19. The molecule has 0 saturated carbocycles. The fourth-order valence-electron chi connectivity index (χ4n) is 1.92. The van der Waals surface area contributed by atoms with Crippen molar-refractivity contribution in [3.63, 3.8) is 0 Å². The van der Waals surface area contributed by atoms with Crippen LogP contribution >= 0.6 is 15.9 Å². The molecule has 1 aliphatic carbocycles. The number of nitrogens with zero attached hydrogens (tertiary/aromatic N) is 1. The van der Waals surface area contributed by atoms with Crippen LogP contribution in [-0.2, 0) is 11.2 Å². The van der Waals surface area contributed by atoms with Crippen molar-refractivity contribution in [2.45, 2.75) is 12.8 Å². The summed E-state index contributed by atoms with van der Waals surface area (Å²) >= 11 is 3.46. The van der Waals surface area contributed by atoms with E-state index in [0.717, 1.165) is 22.9 Å². The van der Waals surface area contributed by atoms with Gasteiger partial charge in [-0.05, 0) is 42.2 Å². The molecule has 0 heterocycles. The molecule has 1 aliphatic rings. The summed E-state index contributed by atoms with van der Waals surface area (Å²) in [6, 6.07) is 6.20. The number of hydrogen-bond donors (Lipinski definition) is 0. The fraction of sp³-hybridized carbons (Fsp3) is 0.308. The molecule has 0 spiro atoms. The molecule has 2 rings (SSSR count). The largest absolute Gasteiger partial charge is 0.345 e. The maximum absolute atomic E-state index is 11.8. The van der Waals surface area contributed by atoms with Crippen molar-refractivity contribution in [2.24, 2.45) is 0 Å². The van der Waals surface area contributed by atoms with Crippen LogP contribution in [0.1, 0.15) is 17.5 Å². The van der Waals surface area contributed by atoms with E-state index >= 15 is 0 Å². The van der Waals surface area contributed by atoms with Crippen molar-refractivity contribution in [3.05, 3.63) is 39.4 Å². The predicted octanol–water partition coefficient (Wildman–Crippen LogP) is 2.87. The van der Waals surface area contributed by atoms with Crippen LogP contribution in [0.3, 0.4) is 0 Å². The van der Waals surface area contributed by atoms with E-state index in [4.69, 9.17) is 0 Å². The van der Waals surface area contributed by atoms with Crippen molar-refractivity contribution in [3.8, 4) is 0 Å². The molecule has 0 fully saturated rings. The SMILES string of the molecule is CN(C)C(=O)C1=Cc2ccc(Br)cc2CC1. The van der Waals surface area contributed by atoms with E-state index in [1.54, 1.807) is 19.0 Å². The van der Waals surface area contributed by atoms with Gasteiger partial charge >= 0.3 is 0 Å². The Morgan fingerprint density at radius 1 is 1.31 bits per heavy atom. The van der Waals surface area contributed by atoms with Crippen LogP contribution in [0, 0.1) is 0 Å². The molecular formula is C13H14BrNO. The highest BCUT2D eigenvalue weighted by Crippen LogP contribution is 2.27. The lowest BCUT2D eigenvalue weighted by atomic mass is 9.92. The molecule has 0 radical (unpaired) electrons. The lowest BCUT2D eigenvalue weighted by Gasteiger charge is -2.19. The minimum absolute atomic E-state index is 0.119. The molecule has 0 aliphatic heterocycles. The molecule has 0 bridgehead atoms. The second-order valence-corrected chi connectivity index (χ2v) is 5.13. The third-order valence-corrected chi connectivity index (χ3v) is 3.27. The van der Waals surface area contributed by atoms with Gasteiger partial charge in [0.2, 0.25) is 5.91 Å². The first-order valence-electron chi connectivity index (χ1n) is 5.28. The van der Waals surface area contributed by atoms with Crippen molar-refractivity contribution in [1.29, 1.82) is 0 Å². The maximum Gasteiger partial charge on any atom is 0.249 e. The minimum atomic E-state index is 0.119. The molecule has 1 amide bonds. The van der Waals surface area contributed by atoms with Crippen molar-refractivity contribution < 1.29 is 4.79 Å². The normalized spacial score (nSPS) is 14.1. The molecule has 0 aromatic heterocycles. The summed E-state index contributed by atoms with van der Waals surface area (Å²) in [5.74, 6) is 0.119. The zero-order valence-corrected chi connectivity index (χ0v) is 11.0. The molecule has 0 N–H and O–H groups in total. The Hall–Kier alpha value is -1.09. The van der Waals surface area contributed by atoms with E-state index < -0.39 is 0 Å². The molecule has 3 heteroatoms. The zero-order valence-electron chi connectivity index (χ0n) is 9.46. The van der Waals surface area contributed by atoms with Gasteiger partial charge in [0, 0.05) is 24.1 Å².